The van der Waals surface area contributed by atoms with Gasteiger partial charge in [0.15, 0.2) is 0 Å². The fraction of sp³-hybridized carbons (Fsp3) is 0.130. The largest absolute Gasteiger partial charge is 0.318 e. The number of hydrogen-bond donors (Lipinski definition) is 0. The zero-order chi connectivity index (χ0) is 22.3. The Hall–Kier alpha value is -2.18. The molecule has 3 aromatic rings. The summed E-state index contributed by atoms with van der Waals surface area (Å²) in [6.07, 6.45) is 1.76. The quantitative estimate of drug-likeness (QED) is 0.360. The zero-order valence-corrected chi connectivity index (χ0v) is 19.7. The molecule has 0 bridgehead atoms. The Balaban J connectivity index is 1.64. The summed E-state index contributed by atoms with van der Waals surface area (Å²) < 4.78 is 2.02. The van der Waals surface area contributed by atoms with E-state index in [-0.39, 0.29) is 17.7 Å². The lowest BCUT2D eigenvalue weighted by Gasteiger charge is -2.12. The average molecular weight is 492 g/mol. The van der Waals surface area contributed by atoms with Crippen molar-refractivity contribution >= 4 is 63.8 Å². The second kappa shape index (κ2) is 8.75. The van der Waals surface area contributed by atoms with Crippen molar-refractivity contribution in [3.05, 3.63) is 91.0 Å². The molecule has 0 saturated carbocycles. The molecule has 2 heterocycles. The summed E-state index contributed by atoms with van der Waals surface area (Å²) in [5.41, 5.74) is 4.40. The van der Waals surface area contributed by atoms with E-state index in [1.165, 1.54) is 4.90 Å². The highest BCUT2D eigenvalue weighted by molar-refractivity contribution is 8.18. The smallest absolute Gasteiger partial charge is 0.293 e. The van der Waals surface area contributed by atoms with Gasteiger partial charge < -0.3 is 4.57 Å². The van der Waals surface area contributed by atoms with E-state index in [1.54, 1.807) is 36.4 Å². The van der Waals surface area contributed by atoms with E-state index in [1.807, 2.05) is 36.6 Å². The first kappa shape index (κ1) is 22.0. The van der Waals surface area contributed by atoms with Gasteiger partial charge in [-0.15, -0.1) is 0 Å². The molecule has 1 aromatic heterocycles. The molecule has 31 heavy (non-hydrogen) atoms. The van der Waals surface area contributed by atoms with Crippen LogP contribution in [0, 0.1) is 13.8 Å². The molecule has 0 aliphatic carbocycles. The molecule has 8 heteroatoms. The van der Waals surface area contributed by atoms with Gasteiger partial charge in [0.2, 0.25) is 0 Å². The molecule has 0 unspecified atom stereocenters. The molecule has 1 fully saturated rings. The molecule has 1 aliphatic heterocycles. The van der Waals surface area contributed by atoms with Crippen molar-refractivity contribution in [1.82, 2.24) is 9.47 Å². The van der Waals surface area contributed by atoms with E-state index in [9.17, 15) is 9.59 Å². The Morgan fingerprint density at radius 1 is 0.903 bits per heavy atom. The van der Waals surface area contributed by atoms with Crippen LogP contribution in [0.15, 0.2) is 53.4 Å². The van der Waals surface area contributed by atoms with Crippen LogP contribution in [0.4, 0.5) is 4.79 Å². The molecule has 1 aliphatic rings. The van der Waals surface area contributed by atoms with Crippen LogP contribution < -0.4 is 0 Å². The number of aryl methyl sites for hydroxylation is 1. The van der Waals surface area contributed by atoms with Crippen LogP contribution in [0.1, 0.15) is 22.5 Å². The molecule has 0 spiro atoms. The van der Waals surface area contributed by atoms with E-state index < -0.39 is 0 Å². The Bertz CT molecular complexity index is 1210. The number of thioether (sulfide) groups is 1. The van der Waals surface area contributed by atoms with Crippen LogP contribution in [0.5, 0.6) is 0 Å². The van der Waals surface area contributed by atoms with Crippen molar-refractivity contribution < 1.29 is 9.59 Å². The Kier molecular flexibility index (Phi) is 6.22. The molecule has 2 amide bonds. The van der Waals surface area contributed by atoms with Gasteiger partial charge in [0, 0.05) is 32.1 Å². The van der Waals surface area contributed by atoms with Gasteiger partial charge in [-0.05, 0) is 79.2 Å². The fourth-order valence-electron chi connectivity index (χ4n) is 3.55. The highest BCUT2D eigenvalue weighted by atomic mass is 35.5. The number of aromatic nitrogens is 1. The molecule has 4 rings (SSSR count). The summed E-state index contributed by atoms with van der Waals surface area (Å²) in [7, 11) is 0. The van der Waals surface area contributed by atoms with Crippen molar-refractivity contribution in [3.63, 3.8) is 0 Å². The summed E-state index contributed by atoms with van der Waals surface area (Å²) >= 11 is 19.2. The van der Waals surface area contributed by atoms with Crippen LogP contribution in [0.3, 0.4) is 0 Å². The first-order chi connectivity index (χ1) is 14.7. The number of benzene rings is 2. The number of carbonyl (C=O) groups is 2. The maximum Gasteiger partial charge on any atom is 0.293 e. The Morgan fingerprint density at radius 3 is 2.19 bits per heavy atom. The molecule has 158 valence electrons. The lowest BCUT2D eigenvalue weighted by molar-refractivity contribution is -0.123. The maximum absolute atomic E-state index is 12.9. The molecule has 0 atom stereocenters. The summed E-state index contributed by atoms with van der Waals surface area (Å²) in [6.45, 7) is 4.12. The number of rotatable bonds is 4. The lowest BCUT2D eigenvalue weighted by Crippen LogP contribution is -2.27. The third-order valence-electron chi connectivity index (χ3n) is 4.99. The summed E-state index contributed by atoms with van der Waals surface area (Å²) in [6, 6.07) is 14.4. The van der Waals surface area contributed by atoms with Gasteiger partial charge in [-0.3, -0.25) is 14.5 Å². The monoisotopic (exact) mass is 490 g/mol. The van der Waals surface area contributed by atoms with Crippen molar-refractivity contribution in [2.75, 3.05) is 0 Å². The normalized spacial score (nSPS) is 15.4. The summed E-state index contributed by atoms with van der Waals surface area (Å²) in [4.78, 5) is 27.0. The molecule has 0 N–H and O–H groups in total. The first-order valence-electron chi connectivity index (χ1n) is 9.38. The van der Waals surface area contributed by atoms with E-state index in [2.05, 4.69) is 0 Å². The van der Waals surface area contributed by atoms with Gasteiger partial charge in [0.05, 0.1) is 11.4 Å². The molecule has 4 nitrogen and oxygen atoms in total. The molecule has 1 saturated heterocycles. The third kappa shape index (κ3) is 4.55. The highest BCUT2D eigenvalue weighted by Crippen LogP contribution is 2.35. The van der Waals surface area contributed by atoms with Crippen molar-refractivity contribution in [1.29, 1.82) is 0 Å². The molecule has 2 aromatic carbocycles. The van der Waals surface area contributed by atoms with Gasteiger partial charge in [-0.1, -0.05) is 46.9 Å². The van der Waals surface area contributed by atoms with Crippen LogP contribution >= 0.6 is 46.6 Å². The zero-order valence-electron chi connectivity index (χ0n) is 16.7. The average Bonchev–Trinajstić information content (AvgIpc) is 3.12. The van der Waals surface area contributed by atoms with Crippen LogP contribution in [-0.4, -0.2) is 20.6 Å². The Labute approximate surface area is 199 Å². The van der Waals surface area contributed by atoms with Crippen molar-refractivity contribution in [2.45, 2.75) is 20.4 Å². The maximum atomic E-state index is 12.9. The topological polar surface area (TPSA) is 42.3 Å². The van der Waals surface area contributed by atoms with Crippen molar-refractivity contribution in [2.24, 2.45) is 0 Å². The van der Waals surface area contributed by atoms with Crippen LogP contribution in [-0.2, 0) is 11.3 Å². The van der Waals surface area contributed by atoms with E-state index >= 15 is 0 Å². The van der Waals surface area contributed by atoms with E-state index in [0.717, 1.165) is 40.0 Å². The standard InChI is InChI=1S/C23H17Cl3N2O2S/c1-13-7-16(14(2)28(13)20-10-18(25)9-19(26)11-20)8-21-22(29)27(23(30)31-21)12-15-3-5-17(24)6-4-15/h3-11H,12H2,1-2H3/b21-8-. The van der Waals surface area contributed by atoms with Crippen LogP contribution in [0.25, 0.3) is 11.8 Å². The van der Waals surface area contributed by atoms with Gasteiger partial charge in [-0.25, -0.2) is 0 Å². The molecular formula is C23H17Cl3N2O2S. The van der Waals surface area contributed by atoms with Crippen LogP contribution in [0.2, 0.25) is 15.1 Å². The minimum atomic E-state index is -0.305. The highest BCUT2D eigenvalue weighted by Gasteiger charge is 2.35. The number of amides is 2. The first-order valence-corrected chi connectivity index (χ1v) is 11.3. The minimum absolute atomic E-state index is 0.208. The number of carbonyl (C=O) groups excluding carboxylic acids is 2. The van der Waals surface area contributed by atoms with Gasteiger partial charge in [-0.2, -0.15) is 0 Å². The van der Waals surface area contributed by atoms with E-state index in [4.69, 9.17) is 34.8 Å². The summed E-state index contributed by atoms with van der Waals surface area (Å²) in [5.74, 6) is -0.305. The third-order valence-corrected chi connectivity index (χ3v) is 6.59. The van der Waals surface area contributed by atoms with Gasteiger partial charge >= 0.3 is 0 Å². The molecule has 0 radical (unpaired) electrons. The minimum Gasteiger partial charge on any atom is -0.318 e. The van der Waals surface area contributed by atoms with Gasteiger partial charge in [0.1, 0.15) is 0 Å². The SMILES string of the molecule is Cc1cc(/C=C2\SC(=O)N(Cc3ccc(Cl)cc3)C2=O)c(C)n1-c1cc(Cl)cc(Cl)c1. The predicted molar refractivity (Wildman–Crippen MR) is 128 cm³/mol. The molecular weight excluding hydrogens is 475 g/mol. The van der Waals surface area contributed by atoms with E-state index in [0.29, 0.717) is 20.0 Å². The number of halogens is 3. The second-order valence-corrected chi connectivity index (χ2v) is 9.49. The lowest BCUT2D eigenvalue weighted by atomic mass is 10.2. The summed E-state index contributed by atoms with van der Waals surface area (Å²) in [5, 5.41) is 1.40. The second-order valence-electron chi connectivity index (χ2n) is 7.18. The predicted octanol–water partition coefficient (Wildman–Crippen LogP) is 7.29. The Morgan fingerprint density at radius 2 is 1.55 bits per heavy atom. The van der Waals surface area contributed by atoms with Crippen molar-refractivity contribution in [3.8, 4) is 5.69 Å². The number of nitrogens with zero attached hydrogens (tertiary/aromatic N) is 2. The number of hydrogen-bond acceptors (Lipinski definition) is 3. The number of imide groups is 1. The van der Waals surface area contributed by atoms with Gasteiger partial charge in [0.25, 0.3) is 11.1 Å². The fourth-order valence-corrected chi connectivity index (χ4v) is 5.02.